The Labute approximate surface area is 196 Å². The lowest BCUT2D eigenvalue weighted by atomic mass is 9.88. The number of carbonyl (C=O) groups excluding carboxylic acids is 2. The standard InChI is InChI=1S/C27H23N3O4/c1-33-17-12-13-23(34-2)20(14-17)25-24-19(18-10-6-7-11-21(18)28-24)15-22-26(31)29(27(32)30(22)25)16-8-4-3-5-9-16/h3-14,22,25,28H,15H2,1-2H3/t22-,25+/m1/s1. The van der Waals surface area contributed by atoms with Gasteiger partial charge in [-0.05, 0) is 42.0 Å². The van der Waals surface area contributed by atoms with Crippen LogP contribution in [-0.4, -0.2) is 42.1 Å². The van der Waals surface area contributed by atoms with E-state index in [0.717, 1.165) is 27.7 Å². The molecule has 7 nitrogen and oxygen atoms in total. The number of methoxy groups -OCH3 is 2. The third-order valence-electron chi connectivity index (χ3n) is 6.79. The maximum atomic E-state index is 13.9. The van der Waals surface area contributed by atoms with Gasteiger partial charge < -0.3 is 14.5 Å². The highest BCUT2D eigenvalue weighted by Gasteiger charge is 2.53. The fourth-order valence-corrected chi connectivity index (χ4v) is 5.27. The molecule has 3 aromatic carbocycles. The van der Waals surface area contributed by atoms with Gasteiger partial charge in [-0.15, -0.1) is 0 Å². The molecule has 2 atom stereocenters. The van der Waals surface area contributed by atoms with E-state index in [1.807, 2.05) is 54.6 Å². The van der Waals surface area contributed by atoms with Crippen LogP contribution in [0.5, 0.6) is 11.5 Å². The predicted molar refractivity (Wildman–Crippen MR) is 128 cm³/mol. The van der Waals surface area contributed by atoms with Crippen molar-refractivity contribution in [2.24, 2.45) is 0 Å². The molecule has 7 heteroatoms. The van der Waals surface area contributed by atoms with Crippen molar-refractivity contribution in [2.45, 2.75) is 18.5 Å². The maximum Gasteiger partial charge on any atom is 0.332 e. The number of H-pyrrole nitrogens is 1. The molecular formula is C27H23N3O4. The minimum atomic E-state index is -0.625. The van der Waals surface area contributed by atoms with Crippen LogP contribution in [0.2, 0.25) is 0 Å². The zero-order valence-corrected chi connectivity index (χ0v) is 18.8. The largest absolute Gasteiger partial charge is 0.497 e. The highest BCUT2D eigenvalue weighted by Crippen LogP contribution is 2.47. The Morgan fingerprint density at radius 2 is 1.68 bits per heavy atom. The molecule has 2 aliphatic rings. The summed E-state index contributed by atoms with van der Waals surface area (Å²) in [6.07, 6.45) is 0.441. The van der Waals surface area contributed by atoms with E-state index in [4.69, 9.17) is 9.47 Å². The van der Waals surface area contributed by atoms with Crippen molar-refractivity contribution >= 4 is 28.5 Å². The molecule has 1 aromatic heterocycles. The highest BCUT2D eigenvalue weighted by atomic mass is 16.5. The fraction of sp³-hybridized carbons (Fsp3) is 0.185. The Hall–Kier alpha value is -4.26. The number of nitrogens with zero attached hydrogens (tertiary/aromatic N) is 2. The minimum Gasteiger partial charge on any atom is -0.497 e. The molecule has 34 heavy (non-hydrogen) atoms. The van der Waals surface area contributed by atoms with Crippen LogP contribution in [0.4, 0.5) is 10.5 Å². The molecule has 0 saturated carbocycles. The fourth-order valence-electron chi connectivity index (χ4n) is 5.27. The summed E-state index contributed by atoms with van der Waals surface area (Å²) in [5.74, 6) is 1.04. The van der Waals surface area contributed by atoms with Crippen LogP contribution in [0.25, 0.3) is 10.9 Å². The number of aromatic amines is 1. The van der Waals surface area contributed by atoms with Gasteiger partial charge in [0.2, 0.25) is 0 Å². The molecule has 2 aliphatic heterocycles. The molecule has 0 unspecified atom stereocenters. The van der Waals surface area contributed by atoms with Crippen molar-refractivity contribution in [2.75, 3.05) is 19.1 Å². The average molecular weight is 453 g/mol. The van der Waals surface area contributed by atoms with Crippen molar-refractivity contribution in [3.05, 3.63) is 89.6 Å². The summed E-state index contributed by atoms with van der Waals surface area (Å²) >= 11 is 0. The van der Waals surface area contributed by atoms with Crippen molar-refractivity contribution in [1.29, 1.82) is 0 Å². The van der Waals surface area contributed by atoms with E-state index >= 15 is 0 Å². The molecule has 3 amide bonds. The number of anilines is 1. The van der Waals surface area contributed by atoms with Gasteiger partial charge in [-0.2, -0.15) is 0 Å². The van der Waals surface area contributed by atoms with E-state index < -0.39 is 12.1 Å². The van der Waals surface area contributed by atoms with Crippen molar-refractivity contribution in [3.8, 4) is 11.5 Å². The maximum absolute atomic E-state index is 13.9. The molecule has 0 radical (unpaired) electrons. The Balaban J connectivity index is 1.59. The van der Waals surface area contributed by atoms with Crippen LogP contribution < -0.4 is 14.4 Å². The van der Waals surface area contributed by atoms with Crippen LogP contribution in [0, 0.1) is 0 Å². The van der Waals surface area contributed by atoms with Crippen LogP contribution in [0.15, 0.2) is 72.8 Å². The molecule has 6 rings (SSSR count). The Bertz CT molecular complexity index is 1430. The van der Waals surface area contributed by atoms with Gasteiger partial charge >= 0.3 is 6.03 Å². The molecule has 0 bridgehead atoms. The third-order valence-corrected chi connectivity index (χ3v) is 6.79. The molecular weight excluding hydrogens is 430 g/mol. The number of carbonyl (C=O) groups is 2. The Kier molecular flexibility index (Phi) is 4.58. The number of amides is 3. The van der Waals surface area contributed by atoms with Gasteiger partial charge in [-0.25, -0.2) is 9.69 Å². The van der Waals surface area contributed by atoms with Gasteiger partial charge in [-0.3, -0.25) is 9.69 Å². The first kappa shape index (κ1) is 20.4. The second kappa shape index (κ2) is 7.66. The number of fused-ring (bicyclic) bond motifs is 4. The Morgan fingerprint density at radius 3 is 2.44 bits per heavy atom. The van der Waals surface area contributed by atoms with Gasteiger partial charge in [-0.1, -0.05) is 36.4 Å². The van der Waals surface area contributed by atoms with Gasteiger partial charge in [0.1, 0.15) is 23.6 Å². The first-order chi connectivity index (χ1) is 16.6. The molecule has 1 saturated heterocycles. The monoisotopic (exact) mass is 453 g/mol. The summed E-state index contributed by atoms with van der Waals surface area (Å²) in [5, 5.41) is 1.06. The summed E-state index contributed by atoms with van der Waals surface area (Å²) in [4.78, 5) is 34.0. The molecule has 170 valence electrons. The molecule has 0 aliphatic carbocycles. The van der Waals surface area contributed by atoms with E-state index in [2.05, 4.69) is 11.1 Å². The van der Waals surface area contributed by atoms with E-state index in [1.54, 1.807) is 31.3 Å². The molecule has 1 N–H and O–H groups in total. The summed E-state index contributed by atoms with van der Waals surface area (Å²) in [5.41, 5.74) is 4.23. The number of hydrogen-bond donors (Lipinski definition) is 1. The normalized spacial score (nSPS) is 19.4. The number of para-hydroxylation sites is 2. The third kappa shape index (κ3) is 2.83. The number of rotatable bonds is 4. The summed E-state index contributed by atoms with van der Waals surface area (Å²) in [6, 6.07) is 21.1. The lowest BCUT2D eigenvalue weighted by molar-refractivity contribution is -0.120. The van der Waals surface area contributed by atoms with Crippen LogP contribution in [0.1, 0.15) is 22.9 Å². The van der Waals surface area contributed by atoms with E-state index in [-0.39, 0.29) is 11.9 Å². The molecule has 3 heterocycles. The quantitative estimate of drug-likeness (QED) is 0.456. The minimum absolute atomic E-state index is 0.223. The lowest BCUT2D eigenvalue weighted by Crippen LogP contribution is -2.44. The van der Waals surface area contributed by atoms with Gasteiger partial charge in [0.05, 0.1) is 19.9 Å². The number of ether oxygens (including phenoxy) is 2. The van der Waals surface area contributed by atoms with E-state index in [9.17, 15) is 9.59 Å². The number of benzene rings is 3. The number of hydrogen-bond acceptors (Lipinski definition) is 4. The SMILES string of the molecule is COc1ccc(OC)c([C@H]2c3[nH]c4ccccc4c3C[C@@H]3C(=O)N(c4ccccc4)C(=O)N23)c1. The number of urea groups is 1. The summed E-state index contributed by atoms with van der Waals surface area (Å²) in [7, 11) is 3.20. The summed E-state index contributed by atoms with van der Waals surface area (Å²) < 4.78 is 11.2. The zero-order chi connectivity index (χ0) is 23.4. The Morgan fingerprint density at radius 1 is 0.912 bits per heavy atom. The second-order valence-electron chi connectivity index (χ2n) is 8.49. The average Bonchev–Trinajstić information content (AvgIpc) is 3.37. The first-order valence-electron chi connectivity index (χ1n) is 11.1. The number of aromatic nitrogens is 1. The van der Waals surface area contributed by atoms with Gasteiger partial charge in [0, 0.05) is 28.6 Å². The zero-order valence-electron chi connectivity index (χ0n) is 18.8. The van der Waals surface area contributed by atoms with Crippen molar-refractivity contribution < 1.29 is 19.1 Å². The highest BCUT2D eigenvalue weighted by molar-refractivity contribution is 6.22. The van der Waals surface area contributed by atoms with Gasteiger partial charge in [0.15, 0.2) is 0 Å². The number of nitrogens with one attached hydrogen (secondary N) is 1. The van der Waals surface area contributed by atoms with Crippen LogP contribution in [-0.2, 0) is 11.2 Å². The van der Waals surface area contributed by atoms with E-state index in [0.29, 0.717) is 23.6 Å². The molecule has 4 aromatic rings. The van der Waals surface area contributed by atoms with Crippen molar-refractivity contribution in [3.63, 3.8) is 0 Å². The smallest absolute Gasteiger partial charge is 0.332 e. The van der Waals surface area contributed by atoms with Crippen LogP contribution in [0.3, 0.4) is 0 Å². The lowest BCUT2D eigenvalue weighted by Gasteiger charge is -2.36. The molecule has 1 fully saturated rings. The van der Waals surface area contributed by atoms with E-state index in [1.165, 1.54) is 4.90 Å². The molecule has 0 spiro atoms. The second-order valence-corrected chi connectivity index (χ2v) is 8.49. The summed E-state index contributed by atoms with van der Waals surface area (Å²) in [6.45, 7) is 0. The first-order valence-corrected chi connectivity index (χ1v) is 11.1. The topological polar surface area (TPSA) is 74.9 Å². The van der Waals surface area contributed by atoms with Crippen molar-refractivity contribution in [1.82, 2.24) is 9.88 Å². The number of imide groups is 1. The van der Waals surface area contributed by atoms with Gasteiger partial charge in [0.25, 0.3) is 5.91 Å². The van der Waals surface area contributed by atoms with Crippen LogP contribution >= 0.6 is 0 Å². The predicted octanol–water partition coefficient (Wildman–Crippen LogP) is 4.67.